The molecular formula is C30H48N6O7. The Hall–Kier alpha value is -3.68. The Bertz CT molecular complexity index is 1370. The summed E-state index contributed by atoms with van der Waals surface area (Å²) in [4.78, 5) is 26.0. The van der Waals surface area contributed by atoms with Crippen molar-refractivity contribution < 1.29 is 33.6 Å². The van der Waals surface area contributed by atoms with Gasteiger partial charge in [0.1, 0.15) is 0 Å². The number of aromatic nitrogens is 4. The van der Waals surface area contributed by atoms with E-state index in [0.29, 0.717) is 22.8 Å². The fourth-order valence-electron chi connectivity index (χ4n) is 4.84. The number of nitrogens with zero attached hydrogens (tertiary/aromatic N) is 5. The van der Waals surface area contributed by atoms with Crippen molar-refractivity contribution in [3.8, 4) is 0 Å². The Morgan fingerprint density at radius 3 is 1.86 bits per heavy atom. The number of rotatable bonds is 8. The van der Waals surface area contributed by atoms with Gasteiger partial charge >= 0.3 is 0 Å². The maximum Gasteiger partial charge on any atom is 0.297 e. The third-order valence-electron chi connectivity index (χ3n) is 6.93. The minimum absolute atomic E-state index is 0.0717. The molecule has 1 atom stereocenters. The third-order valence-corrected chi connectivity index (χ3v) is 6.93. The fourth-order valence-corrected chi connectivity index (χ4v) is 4.84. The highest BCUT2D eigenvalue weighted by Crippen LogP contribution is 2.32. The minimum Gasteiger partial charge on any atom is -0.491 e. The van der Waals surface area contributed by atoms with Gasteiger partial charge in [-0.1, -0.05) is 41.5 Å². The molecule has 3 heterocycles. The van der Waals surface area contributed by atoms with Crippen LogP contribution in [0.2, 0.25) is 0 Å². The molecule has 43 heavy (non-hydrogen) atoms. The molecule has 13 heteroatoms. The number of hydrogen-bond acceptors (Lipinski definition) is 9. The van der Waals surface area contributed by atoms with E-state index in [0.717, 1.165) is 11.4 Å². The third kappa shape index (κ3) is 7.84. The molecule has 2 aromatic rings. The number of methoxy groups -OCH3 is 4. The first kappa shape index (κ1) is 35.5. The van der Waals surface area contributed by atoms with Gasteiger partial charge in [0.2, 0.25) is 0 Å². The Labute approximate surface area is 254 Å². The Balaban J connectivity index is 0.000000303. The van der Waals surface area contributed by atoms with Crippen LogP contribution < -0.4 is 10.2 Å². The number of carbonyl (C=O) groups is 2. The lowest BCUT2D eigenvalue weighted by Crippen LogP contribution is -2.35. The molecule has 3 rings (SSSR count). The van der Waals surface area contributed by atoms with Crippen LogP contribution in [0.1, 0.15) is 66.8 Å². The van der Waals surface area contributed by atoms with E-state index < -0.39 is 18.4 Å². The largest absolute Gasteiger partial charge is 0.491 e. The predicted octanol–water partition coefficient (Wildman–Crippen LogP) is 3.50. The maximum atomic E-state index is 12.4. The molecule has 0 bridgehead atoms. The van der Waals surface area contributed by atoms with E-state index in [2.05, 4.69) is 57.1 Å². The summed E-state index contributed by atoms with van der Waals surface area (Å²) in [6.07, 6.45) is -1.68. The van der Waals surface area contributed by atoms with Gasteiger partial charge in [-0.05, 0) is 13.8 Å². The van der Waals surface area contributed by atoms with Gasteiger partial charge in [0.25, 0.3) is 11.8 Å². The van der Waals surface area contributed by atoms with Gasteiger partial charge in [-0.3, -0.25) is 23.9 Å². The van der Waals surface area contributed by atoms with E-state index in [4.69, 9.17) is 18.9 Å². The van der Waals surface area contributed by atoms with Gasteiger partial charge in [-0.2, -0.15) is 10.2 Å². The number of ether oxygens (including phenoxy) is 4. The monoisotopic (exact) mass is 604 g/mol. The quantitative estimate of drug-likeness (QED) is 0.263. The number of anilines is 2. The molecule has 2 aromatic heterocycles. The van der Waals surface area contributed by atoms with E-state index in [-0.39, 0.29) is 28.3 Å². The van der Waals surface area contributed by atoms with Crippen LogP contribution in [0.4, 0.5) is 11.6 Å². The van der Waals surface area contributed by atoms with Crippen molar-refractivity contribution in [2.45, 2.75) is 78.7 Å². The van der Waals surface area contributed by atoms with Crippen LogP contribution in [0.5, 0.6) is 0 Å². The Morgan fingerprint density at radius 2 is 1.47 bits per heavy atom. The lowest BCUT2D eigenvalue weighted by molar-refractivity contribution is -0.118. The van der Waals surface area contributed by atoms with Crippen molar-refractivity contribution in [1.29, 1.82) is 0 Å². The Morgan fingerprint density at radius 1 is 0.953 bits per heavy atom. The van der Waals surface area contributed by atoms with E-state index >= 15 is 0 Å². The van der Waals surface area contributed by atoms with Gasteiger partial charge < -0.3 is 29.4 Å². The molecule has 0 radical (unpaired) electrons. The van der Waals surface area contributed by atoms with Crippen molar-refractivity contribution in [3.05, 3.63) is 46.2 Å². The highest BCUT2D eigenvalue weighted by atomic mass is 16.7. The van der Waals surface area contributed by atoms with Gasteiger partial charge in [-0.15, -0.1) is 0 Å². The van der Waals surface area contributed by atoms with E-state index in [1.54, 1.807) is 23.2 Å². The topological polar surface area (TPSA) is 142 Å². The molecule has 1 unspecified atom stereocenters. The molecular weight excluding hydrogens is 556 g/mol. The molecule has 0 aromatic carbocycles. The van der Waals surface area contributed by atoms with Crippen LogP contribution in [0.15, 0.2) is 34.8 Å². The van der Waals surface area contributed by atoms with Crippen LogP contribution in [-0.2, 0) is 53.5 Å². The minimum atomic E-state index is -1.03. The molecule has 2 N–H and O–H groups in total. The van der Waals surface area contributed by atoms with Crippen LogP contribution in [0, 0.1) is 0 Å². The summed E-state index contributed by atoms with van der Waals surface area (Å²) in [6.45, 7) is 15.9. The number of carbonyl (C=O) groups excluding carboxylic acids is 2. The number of nitrogens with one attached hydrogen (secondary N) is 1. The van der Waals surface area contributed by atoms with Crippen molar-refractivity contribution in [2.24, 2.45) is 14.1 Å². The molecule has 1 aliphatic heterocycles. The molecule has 0 saturated heterocycles. The number of aliphatic hydroxyl groups is 1. The van der Waals surface area contributed by atoms with Crippen LogP contribution >= 0.6 is 0 Å². The summed E-state index contributed by atoms with van der Waals surface area (Å²) >= 11 is 0. The second kappa shape index (κ2) is 13.7. The molecule has 0 saturated carbocycles. The van der Waals surface area contributed by atoms with Gasteiger partial charge in [-0.25, -0.2) is 0 Å². The standard InChI is InChI=1S/C16H27N3O4.C14H21N3O3/c1-10(15(22-7)23-8)13(21-6)14(20)17-12-9-11(16(2,3)4)19(5)18-12;1-8-11(20-6)13(19)17(12(8)18)10-7-9(14(2,3)4)16(5)15-10/h9,15H,1-8H3,(H,17,18,20);7,12,18H,1-6H3/b13-10-;. The van der Waals surface area contributed by atoms with Gasteiger partial charge in [0.15, 0.2) is 35.7 Å². The smallest absolute Gasteiger partial charge is 0.297 e. The fraction of sp³-hybridized carbons (Fsp3) is 0.600. The Kier molecular flexibility index (Phi) is 11.4. The first-order valence-electron chi connectivity index (χ1n) is 13.8. The van der Waals surface area contributed by atoms with Crippen molar-refractivity contribution in [1.82, 2.24) is 19.6 Å². The van der Waals surface area contributed by atoms with E-state index in [1.807, 2.05) is 26.2 Å². The molecule has 0 spiro atoms. The van der Waals surface area contributed by atoms with E-state index in [9.17, 15) is 14.7 Å². The molecule has 0 aliphatic carbocycles. The van der Waals surface area contributed by atoms with Crippen LogP contribution in [-0.4, -0.2) is 77.4 Å². The molecule has 0 fully saturated rings. The van der Waals surface area contributed by atoms with Gasteiger partial charge in [0, 0.05) is 73.8 Å². The maximum absolute atomic E-state index is 12.4. The average Bonchev–Trinajstić information content (AvgIpc) is 3.53. The second-order valence-electron chi connectivity index (χ2n) is 12.3. The zero-order valence-electron chi connectivity index (χ0n) is 27.9. The lowest BCUT2D eigenvalue weighted by atomic mass is 9.92. The summed E-state index contributed by atoms with van der Waals surface area (Å²) in [5.74, 6) is 0.457. The highest BCUT2D eigenvalue weighted by Gasteiger charge is 2.40. The molecule has 2 amide bonds. The average molecular weight is 605 g/mol. The number of hydrogen-bond donors (Lipinski definition) is 2. The second-order valence-corrected chi connectivity index (χ2v) is 12.3. The van der Waals surface area contributed by atoms with Crippen molar-refractivity contribution in [2.75, 3.05) is 38.7 Å². The van der Waals surface area contributed by atoms with Crippen molar-refractivity contribution >= 4 is 23.5 Å². The molecule has 13 nitrogen and oxygen atoms in total. The predicted molar refractivity (Wildman–Crippen MR) is 163 cm³/mol. The summed E-state index contributed by atoms with van der Waals surface area (Å²) in [6, 6.07) is 3.68. The lowest BCUT2D eigenvalue weighted by Gasteiger charge is -2.19. The summed E-state index contributed by atoms with van der Waals surface area (Å²) < 4.78 is 24.1. The van der Waals surface area contributed by atoms with Crippen LogP contribution in [0.3, 0.4) is 0 Å². The number of amides is 2. The summed E-state index contributed by atoms with van der Waals surface area (Å²) in [7, 11) is 9.52. The SMILES string of the molecule is CO/C(C(=O)Nc1cc(C(C)(C)C)n(C)n1)=C(/C)C(OC)OC.COC1=C(C)C(O)N(c2cc(C(C)(C)C)n(C)n2)C1=O. The first-order chi connectivity index (χ1) is 19.8. The van der Waals surface area contributed by atoms with Crippen LogP contribution in [0.25, 0.3) is 0 Å². The normalized spacial score (nSPS) is 16.3. The van der Waals surface area contributed by atoms with E-state index in [1.165, 1.54) is 33.3 Å². The highest BCUT2D eigenvalue weighted by molar-refractivity contribution is 6.07. The molecule has 1 aliphatic rings. The summed E-state index contributed by atoms with van der Waals surface area (Å²) in [5, 5.41) is 21.6. The van der Waals surface area contributed by atoms with Crippen molar-refractivity contribution in [3.63, 3.8) is 0 Å². The summed E-state index contributed by atoms with van der Waals surface area (Å²) in [5.41, 5.74) is 2.87. The van der Waals surface area contributed by atoms with Gasteiger partial charge in [0.05, 0.1) is 14.2 Å². The zero-order chi connectivity index (χ0) is 33.0. The molecule has 240 valence electrons. The zero-order valence-corrected chi connectivity index (χ0v) is 27.9. The number of aryl methyl sites for hydroxylation is 2. The number of aliphatic hydroxyl groups excluding tert-OH is 1. The first-order valence-corrected chi connectivity index (χ1v) is 13.8.